The number of hydrogen-bond acceptors (Lipinski definition) is 4. The smallest absolute Gasteiger partial charge is 0.307 e. The van der Waals surface area contributed by atoms with Gasteiger partial charge < -0.3 is 14.6 Å². The minimum Gasteiger partial charge on any atom is -0.469 e. The summed E-state index contributed by atoms with van der Waals surface area (Å²) in [7, 11) is 1.40. The fourth-order valence-electron chi connectivity index (χ4n) is 1.32. The van der Waals surface area contributed by atoms with E-state index >= 15 is 0 Å². The molecule has 1 aromatic heterocycles. The normalized spacial score (nSPS) is 10.8. The maximum absolute atomic E-state index is 11.0. The van der Waals surface area contributed by atoms with Crippen LogP contribution in [-0.2, 0) is 22.6 Å². The topological polar surface area (TPSA) is 56.2 Å². The first-order valence-electron chi connectivity index (χ1n) is 5.43. The Morgan fingerprint density at radius 2 is 2.38 bits per heavy atom. The van der Waals surface area contributed by atoms with Crippen LogP contribution in [0.2, 0.25) is 0 Å². The molecule has 0 bridgehead atoms. The van der Waals surface area contributed by atoms with Crippen molar-refractivity contribution < 1.29 is 9.53 Å². The molecule has 1 rings (SSSR count). The largest absolute Gasteiger partial charge is 0.469 e. The van der Waals surface area contributed by atoms with Gasteiger partial charge in [-0.2, -0.15) is 0 Å². The van der Waals surface area contributed by atoms with Gasteiger partial charge in [0.05, 0.1) is 20.1 Å². The van der Waals surface area contributed by atoms with Crippen molar-refractivity contribution in [2.24, 2.45) is 0 Å². The zero-order valence-electron chi connectivity index (χ0n) is 10.1. The second-order valence-electron chi connectivity index (χ2n) is 3.90. The third-order valence-corrected chi connectivity index (χ3v) is 2.25. The number of ether oxygens (including phenoxy) is 1. The van der Waals surface area contributed by atoms with Crippen LogP contribution in [0.25, 0.3) is 0 Å². The Balaban J connectivity index is 2.47. The van der Waals surface area contributed by atoms with Crippen LogP contribution in [0, 0.1) is 0 Å². The second-order valence-corrected chi connectivity index (χ2v) is 3.90. The SMILES string of the molecule is COC(=O)CCn1ccnc1CNC(C)C. The summed E-state index contributed by atoms with van der Waals surface area (Å²) < 4.78 is 6.56. The van der Waals surface area contributed by atoms with Crippen LogP contribution >= 0.6 is 0 Å². The van der Waals surface area contributed by atoms with Gasteiger partial charge in [0.25, 0.3) is 0 Å². The van der Waals surface area contributed by atoms with Crippen molar-refractivity contribution in [3.63, 3.8) is 0 Å². The van der Waals surface area contributed by atoms with Gasteiger partial charge in [-0.3, -0.25) is 4.79 Å². The van der Waals surface area contributed by atoms with E-state index in [2.05, 4.69) is 28.9 Å². The molecule has 0 radical (unpaired) electrons. The average molecular weight is 225 g/mol. The first kappa shape index (κ1) is 12.7. The van der Waals surface area contributed by atoms with Gasteiger partial charge in [0.1, 0.15) is 5.82 Å². The summed E-state index contributed by atoms with van der Waals surface area (Å²) in [5, 5.41) is 3.29. The lowest BCUT2D eigenvalue weighted by Gasteiger charge is -2.10. The van der Waals surface area contributed by atoms with Crippen molar-refractivity contribution in [2.75, 3.05) is 7.11 Å². The van der Waals surface area contributed by atoms with E-state index in [9.17, 15) is 4.79 Å². The van der Waals surface area contributed by atoms with Gasteiger partial charge in [-0.1, -0.05) is 13.8 Å². The molecule has 0 saturated carbocycles. The Morgan fingerprint density at radius 1 is 1.62 bits per heavy atom. The van der Waals surface area contributed by atoms with Crippen molar-refractivity contribution in [3.05, 3.63) is 18.2 Å². The molecule has 0 spiro atoms. The summed E-state index contributed by atoms with van der Waals surface area (Å²) in [6.07, 6.45) is 4.00. The molecule has 0 unspecified atom stereocenters. The summed E-state index contributed by atoms with van der Waals surface area (Å²) in [6.45, 7) is 5.50. The molecule has 0 atom stereocenters. The fourth-order valence-corrected chi connectivity index (χ4v) is 1.32. The van der Waals surface area contributed by atoms with E-state index in [1.54, 1.807) is 6.20 Å². The third-order valence-electron chi connectivity index (χ3n) is 2.25. The molecular formula is C11H19N3O2. The zero-order valence-corrected chi connectivity index (χ0v) is 10.1. The minimum atomic E-state index is -0.198. The highest BCUT2D eigenvalue weighted by atomic mass is 16.5. The Morgan fingerprint density at radius 3 is 3.00 bits per heavy atom. The fraction of sp³-hybridized carbons (Fsp3) is 0.636. The van der Waals surface area contributed by atoms with Gasteiger partial charge in [0.15, 0.2) is 0 Å². The van der Waals surface area contributed by atoms with E-state index in [4.69, 9.17) is 0 Å². The number of imidazole rings is 1. The van der Waals surface area contributed by atoms with Gasteiger partial charge in [-0.15, -0.1) is 0 Å². The number of carbonyl (C=O) groups is 1. The minimum absolute atomic E-state index is 0.198. The van der Waals surface area contributed by atoms with E-state index in [0.717, 1.165) is 5.82 Å². The van der Waals surface area contributed by atoms with Crippen LogP contribution in [0.15, 0.2) is 12.4 Å². The van der Waals surface area contributed by atoms with E-state index in [1.807, 2.05) is 10.8 Å². The molecule has 0 fully saturated rings. The lowest BCUT2D eigenvalue weighted by atomic mass is 10.4. The van der Waals surface area contributed by atoms with E-state index in [-0.39, 0.29) is 5.97 Å². The number of hydrogen-bond donors (Lipinski definition) is 1. The monoisotopic (exact) mass is 225 g/mol. The number of nitrogens with zero attached hydrogens (tertiary/aromatic N) is 2. The highest BCUT2D eigenvalue weighted by Crippen LogP contribution is 2.00. The van der Waals surface area contributed by atoms with Crippen molar-refractivity contribution in [2.45, 2.75) is 39.4 Å². The van der Waals surface area contributed by atoms with Gasteiger partial charge in [-0.05, 0) is 0 Å². The van der Waals surface area contributed by atoms with Gasteiger partial charge in [0.2, 0.25) is 0 Å². The van der Waals surface area contributed by atoms with Crippen LogP contribution in [0.1, 0.15) is 26.1 Å². The zero-order chi connectivity index (χ0) is 12.0. The van der Waals surface area contributed by atoms with Crippen molar-refractivity contribution in [3.8, 4) is 0 Å². The molecule has 16 heavy (non-hydrogen) atoms. The van der Waals surface area contributed by atoms with Gasteiger partial charge >= 0.3 is 5.97 Å². The van der Waals surface area contributed by atoms with Crippen molar-refractivity contribution in [1.29, 1.82) is 0 Å². The van der Waals surface area contributed by atoms with Crippen LogP contribution in [0.3, 0.4) is 0 Å². The predicted molar refractivity (Wildman–Crippen MR) is 60.8 cm³/mol. The molecular weight excluding hydrogens is 206 g/mol. The van der Waals surface area contributed by atoms with Crippen molar-refractivity contribution >= 4 is 5.97 Å². The molecule has 0 aliphatic carbocycles. The van der Waals surface area contributed by atoms with Crippen LogP contribution in [0.4, 0.5) is 0 Å². The number of aromatic nitrogens is 2. The van der Waals surface area contributed by atoms with Crippen LogP contribution in [0.5, 0.6) is 0 Å². The number of nitrogens with one attached hydrogen (secondary N) is 1. The third kappa shape index (κ3) is 4.02. The van der Waals surface area contributed by atoms with Gasteiger partial charge in [-0.25, -0.2) is 4.98 Å². The molecule has 1 heterocycles. The number of rotatable bonds is 6. The molecule has 1 aromatic rings. The molecule has 0 amide bonds. The first-order valence-corrected chi connectivity index (χ1v) is 5.43. The summed E-state index contributed by atoms with van der Waals surface area (Å²) in [5.41, 5.74) is 0. The number of methoxy groups -OCH3 is 1. The standard InChI is InChI=1S/C11H19N3O2/c1-9(2)13-8-10-12-5-7-14(10)6-4-11(15)16-3/h5,7,9,13H,4,6,8H2,1-3H3. The van der Waals surface area contributed by atoms with Crippen molar-refractivity contribution in [1.82, 2.24) is 14.9 Å². The summed E-state index contributed by atoms with van der Waals surface area (Å²) in [4.78, 5) is 15.3. The summed E-state index contributed by atoms with van der Waals surface area (Å²) in [6, 6.07) is 0.422. The first-order chi connectivity index (χ1) is 7.63. The van der Waals surface area contributed by atoms with Crippen LogP contribution < -0.4 is 5.32 Å². The number of carbonyl (C=O) groups excluding carboxylic acids is 1. The maximum Gasteiger partial charge on any atom is 0.307 e. The molecule has 0 saturated heterocycles. The Kier molecular flexibility index (Phi) is 4.98. The highest BCUT2D eigenvalue weighted by Gasteiger charge is 2.06. The predicted octanol–water partition coefficient (Wildman–Crippen LogP) is 0.944. The molecule has 5 nitrogen and oxygen atoms in total. The Hall–Kier alpha value is -1.36. The number of aryl methyl sites for hydroxylation is 1. The van der Waals surface area contributed by atoms with E-state index < -0.39 is 0 Å². The highest BCUT2D eigenvalue weighted by molar-refractivity contribution is 5.68. The number of esters is 1. The molecule has 0 aromatic carbocycles. The Labute approximate surface area is 95.8 Å². The molecule has 1 N–H and O–H groups in total. The molecule has 5 heteroatoms. The van der Waals surface area contributed by atoms with E-state index in [1.165, 1.54) is 7.11 Å². The quantitative estimate of drug-likeness (QED) is 0.732. The summed E-state index contributed by atoms with van der Waals surface area (Å²) >= 11 is 0. The molecule has 0 aliphatic heterocycles. The second kappa shape index (κ2) is 6.27. The lowest BCUT2D eigenvalue weighted by molar-refractivity contribution is -0.140. The molecule has 90 valence electrons. The van der Waals surface area contributed by atoms with Gasteiger partial charge in [0, 0.05) is 25.0 Å². The van der Waals surface area contributed by atoms with Crippen LogP contribution in [-0.4, -0.2) is 28.7 Å². The maximum atomic E-state index is 11.0. The lowest BCUT2D eigenvalue weighted by Crippen LogP contribution is -2.24. The average Bonchev–Trinajstić information content (AvgIpc) is 2.70. The summed E-state index contributed by atoms with van der Waals surface area (Å²) in [5.74, 6) is 0.745. The Bertz CT molecular complexity index is 334. The van der Waals surface area contributed by atoms with E-state index in [0.29, 0.717) is 25.6 Å². The molecule has 0 aliphatic rings.